The van der Waals surface area contributed by atoms with Crippen molar-refractivity contribution in [1.82, 2.24) is 4.90 Å². The maximum Gasteiger partial charge on any atom is 0.222 e. The summed E-state index contributed by atoms with van der Waals surface area (Å²) in [5, 5.41) is 0. The van der Waals surface area contributed by atoms with E-state index in [1.54, 1.807) is 0 Å². The molecule has 0 atom stereocenters. The molecule has 21 heavy (non-hydrogen) atoms. The van der Waals surface area contributed by atoms with Gasteiger partial charge in [-0.25, -0.2) is 0 Å². The minimum atomic E-state index is 0.290. The summed E-state index contributed by atoms with van der Waals surface area (Å²) in [6.07, 6.45) is 6.28. The topological polar surface area (TPSA) is 29.5 Å². The Labute approximate surface area is 128 Å². The SMILES string of the molecule is CCN(C(=O)CCCOc1ccccc1C)C1CCCC1. The summed E-state index contributed by atoms with van der Waals surface area (Å²) in [5.74, 6) is 1.21. The number of aryl methyl sites for hydroxylation is 1. The number of benzene rings is 1. The summed E-state index contributed by atoms with van der Waals surface area (Å²) in [5.41, 5.74) is 1.14. The van der Waals surface area contributed by atoms with Gasteiger partial charge in [0.2, 0.25) is 5.91 Å². The van der Waals surface area contributed by atoms with Gasteiger partial charge in [0, 0.05) is 19.0 Å². The Kier molecular flexibility index (Phi) is 6.09. The fraction of sp³-hybridized carbons (Fsp3) is 0.611. The normalized spacial score (nSPS) is 15.1. The smallest absolute Gasteiger partial charge is 0.222 e. The van der Waals surface area contributed by atoms with Gasteiger partial charge >= 0.3 is 0 Å². The van der Waals surface area contributed by atoms with Crippen molar-refractivity contribution >= 4 is 5.91 Å². The van der Waals surface area contributed by atoms with Crippen LogP contribution < -0.4 is 4.74 Å². The molecule has 3 heteroatoms. The number of ether oxygens (including phenoxy) is 1. The fourth-order valence-electron chi connectivity index (χ4n) is 3.12. The molecule has 0 saturated heterocycles. The molecule has 0 radical (unpaired) electrons. The highest BCUT2D eigenvalue weighted by Crippen LogP contribution is 2.24. The van der Waals surface area contributed by atoms with Crippen molar-refractivity contribution in [3.63, 3.8) is 0 Å². The molecule has 0 spiro atoms. The second-order valence-corrected chi connectivity index (χ2v) is 5.84. The average Bonchev–Trinajstić information content (AvgIpc) is 3.00. The number of carbonyl (C=O) groups excluding carboxylic acids is 1. The van der Waals surface area contributed by atoms with Gasteiger partial charge in [-0.1, -0.05) is 31.0 Å². The molecular formula is C18H27NO2. The lowest BCUT2D eigenvalue weighted by Gasteiger charge is -2.27. The molecule has 1 fully saturated rings. The van der Waals surface area contributed by atoms with Gasteiger partial charge in [-0.3, -0.25) is 4.79 Å². The van der Waals surface area contributed by atoms with Crippen LogP contribution in [-0.2, 0) is 4.79 Å². The Balaban J connectivity index is 1.72. The van der Waals surface area contributed by atoms with Gasteiger partial charge in [-0.05, 0) is 44.7 Å². The number of nitrogens with zero attached hydrogens (tertiary/aromatic N) is 1. The van der Waals surface area contributed by atoms with Gasteiger partial charge in [-0.15, -0.1) is 0 Å². The summed E-state index contributed by atoms with van der Waals surface area (Å²) >= 11 is 0. The number of hydrogen-bond acceptors (Lipinski definition) is 2. The van der Waals surface area contributed by atoms with Crippen LogP contribution in [-0.4, -0.2) is 30.0 Å². The third kappa shape index (κ3) is 4.48. The van der Waals surface area contributed by atoms with E-state index in [9.17, 15) is 4.79 Å². The molecule has 0 unspecified atom stereocenters. The van der Waals surface area contributed by atoms with Gasteiger partial charge in [-0.2, -0.15) is 0 Å². The predicted molar refractivity (Wildman–Crippen MR) is 85.6 cm³/mol. The van der Waals surface area contributed by atoms with Crippen LogP contribution in [0.1, 0.15) is 51.0 Å². The highest BCUT2D eigenvalue weighted by molar-refractivity contribution is 5.76. The van der Waals surface area contributed by atoms with E-state index >= 15 is 0 Å². The van der Waals surface area contributed by atoms with Crippen molar-refractivity contribution in [2.75, 3.05) is 13.2 Å². The first kappa shape index (κ1) is 15.9. The zero-order chi connectivity index (χ0) is 15.1. The summed E-state index contributed by atoms with van der Waals surface area (Å²) in [4.78, 5) is 14.4. The van der Waals surface area contributed by atoms with Crippen LogP contribution in [0.4, 0.5) is 0 Å². The van der Waals surface area contributed by atoms with E-state index in [1.807, 2.05) is 31.2 Å². The molecule has 0 bridgehead atoms. The van der Waals surface area contributed by atoms with E-state index in [0.717, 1.165) is 24.3 Å². The van der Waals surface area contributed by atoms with E-state index < -0.39 is 0 Å². The first-order valence-corrected chi connectivity index (χ1v) is 8.20. The molecule has 1 aromatic carbocycles. The second kappa shape index (κ2) is 8.06. The van der Waals surface area contributed by atoms with Crippen LogP contribution in [0.3, 0.4) is 0 Å². The molecule has 0 heterocycles. The highest BCUT2D eigenvalue weighted by Gasteiger charge is 2.24. The Morgan fingerprint density at radius 3 is 2.67 bits per heavy atom. The van der Waals surface area contributed by atoms with Crippen LogP contribution in [0, 0.1) is 6.92 Å². The van der Waals surface area contributed by atoms with Crippen LogP contribution in [0.25, 0.3) is 0 Å². The summed E-state index contributed by atoms with van der Waals surface area (Å²) < 4.78 is 5.76. The summed E-state index contributed by atoms with van der Waals surface area (Å²) in [6, 6.07) is 8.49. The van der Waals surface area contributed by atoms with Crippen LogP contribution in [0.15, 0.2) is 24.3 Å². The van der Waals surface area contributed by atoms with Crippen molar-refractivity contribution in [3.8, 4) is 5.75 Å². The molecule has 1 saturated carbocycles. The van der Waals surface area contributed by atoms with Crippen LogP contribution >= 0.6 is 0 Å². The summed E-state index contributed by atoms with van der Waals surface area (Å²) in [6.45, 7) is 5.57. The van der Waals surface area contributed by atoms with E-state index in [4.69, 9.17) is 4.74 Å². The Morgan fingerprint density at radius 2 is 2.00 bits per heavy atom. The standard InChI is InChI=1S/C18H27NO2/c1-3-19(16-10-5-6-11-16)18(20)13-8-14-21-17-12-7-4-9-15(17)2/h4,7,9,12,16H,3,5-6,8,10-11,13-14H2,1-2H3. The van der Waals surface area contributed by atoms with E-state index in [1.165, 1.54) is 25.7 Å². The number of carbonyl (C=O) groups is 1. The van der Waals surface area contributed by atoms with Crippen molar-refractivity contribution in [1.29, 1.82) is 0 Å². The monoisotopic (exact) mass is 289 g/mol. The first-order valence-electron chi connectivity index (χ1n) is 8.20. The van der Waals surface area contributed by atoms with E-state index in [2.05, 4.69) is 11.8 Å². The number of amides is 1. The van der Waals surface area contributed by atoms with Gasteiger partial charge in [0.1, 0.15) is 5.75 Å². The predicted octanol–water partition coefficient (Wildman–Crippen LogP) is 3.95. The fourth-order valence-corrected chi connectivity index (χ4v) is 3.12. The number of hydrogen-bond donors (Lipinski definition) is 0. The molecule has 1 aliphatic rings. The molecule has 2 rings (SSSR count). The quantitative estimate of drug-likeness (QED) is 0.711. The van der Waals surface area contributed by atoms with Gasteiger partial charge in [0.25, 0.3) is 0 Å². The lowest BCUT2D eigenvalue weighted by Crippen LogP contribution is -2.38. The van der Waals surface area contributed by atoms with Crippen molar-refractivity contribution in [2.45, 2.75) is 58.4 Å². The van der Waals surface area contributed by atoms with Gasteiger partial charge in [0.15, 0.2) is 0 Å². The Hall–Kier alpha value is -1.51. The Bertz CT molecular complexity index is 452. The minimum Gasteiger partial charge on any atom is -0.493 e. The Morgan fingerprint density at radius 1 is 1.29 bits per heavy atom. The molecule has 0 aliphatic heterocycles. The van der Waals surface area contributed by atoms with Crippen LogP contribution in [0.2, 0.25) is 0 Å². The first-order chi connectivity index (χ1) is 10.2. The lowest BCUT2D eigenvalue weighted by atomic mass is 10.2. The number of rotatable bonds is 7. The second-order valence-electron chi connectivity index (χ2n) is 5.84. The molecule has 1 aliphatic carbocycles. The zero-order valence-corrected chi connectivity index (χ0v) is 13.3. The van der Waals surface area contributed by atoms with Crippen molar-refractivity contribution in [3.05, 3.63) is 29.8 Å². The minimum absolute atomic E-state index is 0.290. The molecule has 1 amide bonds. The van der Waals surface area contributed by atoms with Crippen LogP contribution in [0.5, 0.6) is 5.75 Å². The maximum atomic E-state index is 12.3. The molecule has 0 aromatic heterocycles. The van der Waals surface area contributed by atoms with Gasteiger partial charge in [0.05, 0.1) is 6.61 Å². The maximum absolute atomic E-state index is 12.3. The highest BCUT2D eigenvalue weighted by atomic mass is 16.5. The molecule has 116 valence electrons. The molecular weight excluding hydrogens is 262 g/mol. The van der Waals surface area contributed by atoms with E-state index in [-0.39, 0.29) is 5.91 Å². The summed E-state index contributed by atoms with van der Waals surface area (Å²) in [7, 11) is 0. The average molecular weight is 289 g/mol. The third-order valence-electron chi connectivity index (χ3n) is 4.31. The van der Waals surface area contributed by atoms with Gasteiger partial charge < -0.3 is 9.64 Å². The van der Waals surface area contributed by atoms with Crippen molar-refractivity contribution in [2.24, 2.45) is 0 Å². The lowest BCUT2D eigenvalue weighted by molar-refractivity contribution is -0.133. The molecule has 3 nitrogen and oxygen atoms in total. The zero-order valence-electron chi connectivity index (χ0n) is 13.3. The largest absolute Gasteiger partial charge is 0.493 e. The van der Waals surface area contributed by atoms with E-state index in [0.29, 0.717) is 19.1 Å². The molecule has 1 aromatic rings. The number of para-hydroxylation sites is 1. The van der Waals surface area contributed by atoms with Crippen molar-refractivity contribution < 1.29 is 9.53 Å². The third-order valence-corrected chi connectivity index (χ3v) is 4.31. The molecule has 0 N–H and O–H groups in total.